The van der Waals surface area contributed by atoms with E-state index in [0.717, 1.165) is 6.08 Å². The Balaban J connectivity index is 0. The summed E-state index contributed by atoms with van der Waals surface area (Å²) in [6, 6.07) is -0.337. The van der Waals surface area contributed by atoms with Gasteiger partial charge in [0, 0.05) is 11.6 Å². The number of ether oxygens (including phenoxy) is 1. The van der Waals surface area contributed by atoms with Crippen molar-refractivity contribution >= 4 is 18.0 Å². The van der Waals surface area contributed by atoms with Crippen LogP contribution in [0.5, 0.6) is 0 Å². The van der Waals surface area contributed by atoms with Crippen LogP contribution in [0.1, 0.15) is 13.8 Å². The van der Waals surface area contributed by atoms with Crippen LogP contribution < -0.4 is 0 Å². The molecule has 0 aliphatic carbocycles. The Hall–Kier alpha value is -2.20. The lowest BCUT2D eigenvalue weighted by molar-refractivity contribution is -0.138. The molecule has 6 heteroatoms. The third kappa shape index (κ3) is 13.8. The first-order chi connectivity index (χ1) is 7.84. The van der Waals surface area contributed by atoms with Crippen molar-refractivity contribution in [3.63, 3.8) is 0 Å². The molecule has 0 aromatic heterocycles. The third-order valence-electron chi connectivity index (χ3n) is 1.27. The molecule has 0 saturated carbocycles. The van der Waals surface area contributed by atoms with Crippen molar-refractivity contribution in [1.82, 2.24) is 0 Å². The summed E-state index contributed by atoms with van der Waals surface area (Å²) in [5.41, 5.74) is 0.176. The minimum Gasteiger partial charge on any atom is -0.478 e. The minimum absolute atomic E-state index is 0.0834. The number of carbonyl (C=O) groups is 2. The Morgan fingerprint density at radius 2 is 2.06 bits per heavy atom. The van der Waals surface area contributed by atoms with E-state index in [1.54, 1.807) is 6.92 Å². The van der Waals surface area contributed by atoms with Crippen molar-refractivity contribution < 1.29 is 24.2 Å². The standard InChI is InChI=1S/C7H9NO3.C4H6O2/c1-3-7(10)11-4-6(2)8-5-9;1-3(2)4(5)6/h3,6H,1,4H2,2H3;1H2,2H3,(H,5,6). The Morgan fingerprint density at radius 1 is 1.59 bits per heavy atom. The third-order valence-corrected chi connectivity index (χ3v) is 1.27. The zero-order valence-electron chi connectivity index (χ0n) is 9.80. The first-order valence-electron chi connectivity index (χ1n) is 4.60. The molecule has 0 aromatic carbocycles. The molecule has 0 spiro atoms. The van der Waals surface area contributed by atoms with Gasteiger partial charge in [0.1, 0.15) is 6.61 Å². The van der Waals surface area contributed by atoms with E-state index in [-0.39, 0.29) is 18.2 Å². The van der Waals surface area contributed by atoms with Gasteiger partial charge in [-0.1, -0.05) is 13.2 Å². The van der Waals surface area contributed by atoms with E-state index < -0.39 is 11.9 Å². The van der Waals surface area contributed by atoms with Crippen LogP contribution in [-0.4, -0.2) is 35.8 Å². The fourth-order valence-electron chi connectivity index (χ4n) is 0.389. The van der Waals surface area contributed by atoms with Crippen molar-refractivity contribution in [3.05, 3.63) is 24.8 Å². The monoisotopic (exact) mass is 241 g/mol. The van der Waals surface area contributed by atoms with E-state index >= 15 is 0 Å². The van der Waals surface area contributed by atoms with Crippen LogP contribution in [0.15, 0.2) is 29.8 Å². The SMILES string of the molecule is C=C(C)C(=O)O.C=CC(=O)OCC(C)N=C=O. The van der Waals surface area contributed by atoms with Crippen molar-refractivity contribution in [2.75, 3.05) is 6.61 Å². The molecule has 6 nitrogen and oxygen atoms in total. The van der Waals surface area contributed by atoms with Gasteiger partial charge in [0.2, 0.25) is 6.08 Å². The van der Waals surface area contributed by atoms with E-state index in [0.29, 0.717) is 0 Å². The van der Waals surface area contributed by atoms with Crippen LogP contribution in [0, 0.1) is 0 Å². The van der Waals surface area contributed by atoms with Crippen LogP contribution in [0.4, 0.5) is 0 Å². The molecule has 0 heterocycles. The number of hydrogen-bond donors (Lipinski definition) is 1. The molecule has 0 bridgehead atoms. The molecule has 17 heavy (non-hydrogen) atoms. The predicted octanol–water partition coefficient (Wildman–Crippen LogP) is 1.09. The average molecular weight is 241 g/mol. The summed E-state index contributed by atoms with van der Waals surface area (Å²) in [5.74, 6) is -1.45. The normalized spacial score (nSPS) is 9.76. The van der Waals surface area contributed by atoms with Gasteiger partial charge < -0.3 is 9.84 Å². The predicted molar refractivity (Wildman–Crippen MR) is 61.2 cm³/mol. The summed E-state index contributed by atoms with van der Waals surface area (Å²) in [6.45, 7) is 9.53. The highest BCUT2D eigenvalue weighted by molar-refractivity contribution is 5.84. The number of isocyanates is 1. The number of esters is 1. The van der Waals surface area contributed by atoms with E-state index in [1.165, 1.54) is 13.0 Å². The second-order valence-electron chi connectivity index (χ2n) is 2.99. The molecule has 0 radical (unpaired) electrons. The topological polar surface area (TPSA) is 93.0 Å². The Kier molecular flexibility index (Phi) is 10.4. The van der Waals surface area contributed by atoms with Gasteiger partial charge in [-0.3, -0.25) is 0 Å². The van der Waals surface area contributed by atoms with Crippen LogP contribution in [-0.2, 0) is 19.1 Å². The van der Waals surface area contributed by atoms with E-state index in [9.17, 15) is 14.4 Å². The average Bonchev–Trinajstić information content (AvgIpc) is 2.27. The number of carbonyl (C=O) groups excluding carboxylic acids is 2. The van der Waals surface area contributed by atoms with Gasteiger partial charge in [0.05, 0.1) is 6.04 Å². The zero-order chi connectivity index (χ0) is 13.8. The summed E-state index contributed by atoms with van der Waals surface area (Å²) >= 11 is 0. The summed E-state index contributed by atoms with van der Waals surface area (Å²) in [7, 11) is 0. The lowest BCUT2D eigenvalue weighted by Crippen LogP contribution is -2.12. The molecular weight excluding hydrogens is 226 g/mol. The number of nitrogens with zero attached hydrogens (tertiary/aromatic N) is 1. The Bertz CT molecular complexity index is 330. The highest BCUT2D eigenvalue weighted by Crippen LogP contribution is 1.89. The molecule has 0 aliphatic rings. The molecule has 1 atom stereocenters. The van der Waals surface area contributed by atoms with E-state index in [1.807, 2.05) is 0 Å². The van der Waals surface area contributed by atoms with Crippen LogP contribution in [0.2, 0.25) is 0 Å². The molecule has 0 fully saturated rings. The quantitative estimate of drug-likeness (QED) is 0.336. The molecule has 1 N–H and O–H groups in total. The van der Waals surface area contributed by atoms with Gasteiger partial charge in [0.25, 0.3) is 0 Å². The van der Waals surface area contributed by atoms with Gasteiger partial charge in [-0.05, 0) is 13.8 Å². The Labute approximate surface area is 99.3 Å². The van der Waals surface area contributed by atoms with Crippen LogP contribution in [0.25, 0.3) is 0 Å². The van der Waals surface area contributed by atoms with Crippen LogP contribution >= 0.6 is 0 Å². The number of carboxylic acid groups (broad SMARTS) is 1. The van der Waals surface area contributed by atoms with Gasteiger partial charge in [-0.25, -0.2) is 14.4 Å². The summed E-state index contributed by atoms with van der Waals surface area (Å²) in [6.07, 6.45) is 2.42. The number of carboxylic acids is 1. The number of aliphatic carboxylic acids is 1. The molecule has 1 unspecified atom stereocenters. The lowest BCUT2D eigenvalue weighted by atomic mass is 10.4. The molecule has 94 valence electrons. The highest BCUT2D eigenvalue weighted by Gasteiger charge is 2.01. The number of rotatable bonds is 5. The summed E-state index contributed by atoms with van der Waals surface area (Å²) in [5, 5.41) is 7.89. The number of hydrogen-bond acceptors (Lipinski definition) is 5. The van der Waals surface area contributed by atoms with Gasteiger partial charge in [-0.15, -0.1) is 0 Å². The molecule has 0 amide bonds. The molecule has 0 aromatic rings. The lowest BCUT2D eigenvalue weighted by Gasteiger charge is -2.02. The number of aliphatic imine (C=N–C) groups is 1. The summed E-state index contributed by atoms with van der Waals surface area (Å²) in [4.78, 5) is 33.0. The second-order valence-corrected chi connectivity index (χ2v) is 2.99. The molecule has 0 aliphatic heterocycles. The second kappa shape index (κ2) is 10.3. The first kappa shape index (κ1) is 17.2. The fourth-order valence-corrected chi connectivity index (χ4v) is 0.389. The van der Waals surface area contributed by atoms with Crippen molar-refractivity contribution in [2.24, 2.45) is 4.99 Å². The molecule has 0 saturated heterocycles. The maximum Gasteiger partial charge on any atom is 0.330 e. The van der Waals surface area contributed by atoms with Gasteiger partial charge in [-0.2, -0.15) is 4.99 Å². The van der Waals surface area contributed by atoms with Gasteiger partial charge in [0.15, 0.2) is 0 Å². The maximum absolute atomic E-state index is 10.4. The largest absolute Gasteiger partial charge is 0.478 e. The van der Waals surface area contributed by atoms with Crippen LogP contribution in [0.3, 0.4) is 0 Å². The smallest absolute Gasteiger partial charge is 0.330 e. The fraction of sp³-hybridized carbons (Fsp3) is 0.364. The van der Waals surface area contributed by atoms with Gasteiger partial charge >= 0.3 is 11.9 Å². The van der Waals surface area contributed by atoms with Crippen molar-refractivity contribution in [1.29, 1.82) is 0 Å². The molecular formula is C11H15NO5. The van der Waals surface area contributed by atoms with Crippen molar-refractivity contribution in [2.45, 2.75) is 19.9 Å². The first-order valence-corrected chi connectivity index (χ1v) is 4.60. The highest BCUT2D eigenvalue weighted by atomic mass is 16.5. The molecule has 0 rings (SSSR count). The zero-order valence-corrected chi connectivity index (χ0v) is 9.80. The summed E-state index contributed by atoms with van der Waals surface area (Å²) < 4.78 is 4.58. The maximum atomic E-state index is 10.4. The minimum atomic E-state index is -0.935. The van der Waals surface area contributed by atoms with E-state index in [2.05, 4.69) is 22.9 Å². The van der Waals surface area contributed by atoms with Crippen molar-refractivity contribution in [3.8, 4) is 0 Å². The Morgan fingerprint density at radius 3 is 2.35 bits per heavy atom. The van der Waals surface area contributed by atoms with E-state index in [4.69, 9.17) is 5.11 Å².